The fraction of sp³-hybridized carbons (Fsp3) is 0.154. The quantitative estimate of drug-likeness (QED) is 0.747. The van der Waals surface area contributed by atoms with E-state index in [1.807, 2.05) is 13.0 Å². The van der Waals surface area contributed by atoms with Crippen LogP contribution in [0.25, 0.3) is 22.6 Å². The molecule has 0 aliphatic heterocycles. The number of fused-ring (bicyclic) bond motifs is 1. The number of aromatic nitrogens is 4. The highest BCUT2D eigenvalue weighted by Gasteiger charge is 2.07. The van der Waals surface area contributed by atoms with Crippen molar-refractivity contribution in [2.45, 2.75) is 6.92 Å². The Hall–Kier alpha value is -2.63. The normalized spacial score (nSPS) is 10.8. The number of nitrogens with zero attached hydrogens (tertiary/aromatic N) is 2. The van der Waals surface area contributed by atoms with Crippen LogP contribution in [0, 0.1) is 0 Å². The molecular formula is C13H12N4O2. The summed E-state index contributed by atoms with van der Waals surface area (Å²) in [7, 11) is 0. The number of pyridine rings is 2. The Labute approximate surface area is 108 Å². The predicted molar refractivity (Wildman–Crippen MR) is 71.1 cm³/mol. The molecular weight excluding hydrogens is 244 g/mol. The summed E-state index contributed by atoms with van der Waals surface area (Å²) < 4.78 is 5.33. The van der Waals surface area contributed by atoms with E-state index in [1.165, 1.54) is 6.07 Å². The van der Waals surface area contributed by atoms with Crippen molar-refractivity contribution in [3.63, 3.8) is 0 Å². The highest BCUT2D eigenvalue weighted by Crippen LogP contribution is 2.20. The predicted octanol–water partition coefficient (Wildman–Crippen LogP) is 1.71. The van der Waals surface area contributed by atoms with Gasteiger partial charge in [0.15, 0.2) is 5.65 Å². The second-order valence-corrected chi connectivity index (χ2v) is 3.98. The molecule has 0 aromatic carbocycles. The van der Waals surface area contributed by atoms with Crippen molar-refractivity contribution in [1.82, 2.24) is 19.9 Å². The zero-order chi connectivity index (χ0) is 13.2. The fourth-order valence-electron chi connectivity index (χ4n) is 1.80. The van der Waals surface area contributed by atoms with Gasteiger partial charge in [0.2, 0.25) is 11.4 Å². The third-order valence-electron chi connectivity index (χ3n) is 2.67. The maximum Gasteiger partial charge on any atom is 0.247 e. The molecule has 0 radical (unpaired) electrons. The van der Waals surface area contributed by atoms with Crippen LogP contribution in [-0.4, -0.2) is 26.5 Å². The van der Waals surface area contributed by atoms with Crippen molar-refractivity contribution < 1.29 is 4.74 Å². The van der Waals surface area contributed by atoms with Crippen LogP contribution < -0.4 is 10.3 Å². The summed E-state index contributed by atoms with van der Waals surface area (Å²) in [6.45, 7) is 2.47. The van der Waals surface area contributed by atoms with E-state index in [4.69, 9.17) is 4.74 Å². The number of hydrogen-bond acceptors (Lipinski definition) is 4. The molecule has 6 nitrogen and oxygen atoms in total. The van der Waals surface area contributed by atoms with Crippen molar-refractivity contribution in [3.8, 4) is 17.3 Å². The average molecular weight is 256 g/mol. The van der Waals surface area contributed by atoms with Crippen LogP contribution in [-0.2, 0) is 0 Å². The van der Waals surface area contributed by atoms with Gasteiger partial charge in [-0.05, 0) is 19.1 Å². The molecule has 96 valence electrons. The van der Waals surface area contributed by atoms with Gasteiger partial charge in [-0.15, -0.1) is 0 Å². The van der Waals surface area contributed by atoms with Crippen molar-refractivity contribution in [1.29, 1.82) is 0 Å². The molecule has 0 unspecified atom stereocenters. The molecule has 6 heteroatoms. The number of ether oxygens (including phenoxy) is 1. The van der Waals surface area contributed by atoms with Gasteiger partial charge in [0.1, 0.15) is 5.82 Å². The van der Waals surface area contributed by atoms with Crippen LogP contribution in [0.4, 0.5) is 0 Å². The van der Waals surface area contributed by atoms with Crippen molar-refractivity contribution in [2.24, 2.45) is 0 Å². The number of imidazole rings is 1. The minimum Gasteiger partial charge on any atom is -0.478 e. The molecule has 0 saturated heterocycles. The summed E-state index contributed by atoms with van der Waals surface area (Å²) in [5.74, 6) is 1.21. The summed E-state index contributed by atoms with van der Waals surface area (Å²) in [5.41, 5.74) is 2.07. The number of hydrogen-bond donors (Lipinski definition) is 2. The van der Waals surface area contributed by atoms with Crippen molar-refractivity contribution in [3.05, 3.63) is 40.8 Å². The van der Waals surface area contributed by atoms with Gasteiger partial charge in [0, 0.05) is 23.9 Å². The van der Waals surface area contributed by atoms with E-state index in [9.17, 15) is 4.79 Å². The first-order valence-electron chi connectivity index (χ1n) is 5.95. The Morgan fingerprint density at radius 3 is 2.84 bits per heavy atom. The minimum atomic E-state index is -0.142. The number of aromatic amines is 2. The van der Waals surface area contributed by atoms with Crippen LogP contribution in [0.3, 0.4) is 0 Å². The minimum absolute atomic E-state index is 0.142. The lowest BCUT2D eigenvalue weighted by Crippen LogP contribution is -2.01. The van der Waals surface area contributed by atoms with Gasteiger partial charge in [0.05, 0.1) is 12.1 Å². The Morgan fingerprint density at radius 2 is 2.11 bits per heavy atom. The number of H-pyrrole nitrogens is 2. The Bertz CT molecular complexity index is 755. The fourth-order valence-corrected chi connectivity index (χ4v) is 1.80. The molecule has 3 aromatic rings. The van der Waals surface area contributed by atoms with E-state index < -0.39 is 0 Å². The zero-order valence-corrected chi connectivity index (χ0v) is 10.3. The standard InChI is InChI=1S/C13H12N4O2/c1-2-19-11-6-4-9-13(16-11)17-12(15-9)8-3-5-10(18)14-7-8/h3-7H,2H2,1H3,(H,14,18)(H,15,16,17). The van der Waals surface area contributed by atoms with E-state index in [2.05, 4.69) is 19.9 Å². The average Bonchev–Trinajstić information content (AvgIpc) is 2.83. The van der Waals surface area contributed by atoms with Crippen molar-refractivity contribution in [2.75, 3.05) is 6.61 Å². The van der Waals surface area contributed by atoms with Gasteiger partial charge in [0.25, 0.3) is 0 Å². The smallest absolute Gasteiger partial charge is 0.247 e. The van der Waals surface area contributed by atoms with Gasteiger partial charge in [-0.3, -0.25) is 4.79 Å². The zero-order valence-electron chi connectivity index (χ0n) is 10.3. The van der Waals surface area contributed by atoms with Crippen LogP contribution in [0.5, 0.6) is 5.88 Å². The maximum atomic E-state index is 11.0. The van der Waals surface area contributed by atoms with Crippen LogP contribution in [0.1, 0.15) is 6.92 Å². The van der Waals surface area contributed by atoms with Gasteiger partial charge >= 0.3 is 0 Å². The van der Waals surface area contributed by atoms with Gasteiger partial charge in [-0.2, -0.15) is 4.98 Å². The molecule has 0 aliphatic carbocycles. The topological polar surface area (TPSA) is 83.7 Å². The molecule has 3 aromatic heterocycles. The number of nitrogens with one attached hydrogen (secondary N) is 2. The molecule has 3 heterocycles. The second-order valence-electron chi connectivity index (χ2n) is 3.98. The first-order valence-corrected chi connectivity index (χ1v) is 5.95. The summed E-state index contributed by atoms with van der Waals surface area (Å²) >= 11 is 0. The molecule has 0 saturated carbocycles. The van der Waals surface area contributed by atoms with Crippen LogP contribution in [0.2, 0.25) is 0 Å². The summed E-state index contributed by atoms with van der Waals surface area (Å²) in [4.78, 5) is 25.5. The molecule has 0 spiro atoms. The SMILES string of the molecule is CCOc1ccc2[nH]c(-c3ccc(=O)[nH]c3)nc2n1. The first-order chi connectivity index (χ1) is 9.26. The molecule has 2 N–H and O–H groups in total. The Morgan fingerprint density at radius 1 is 1.21 bits per heavy atom. The molecule has 0 fully saturated rings. The molecule has 0 amide bonds. The summed E-state index contributed by atoms with van der Waals surface area (Å²) in [6.07, 6.45) is 1.61. The van der Waals surface area contributed by atoms with E-state index in [-0.39, 0.29) is 5.56 Å². The summed E-state index contributed by atoms with van der Waals surface area (Å²) in [5, 5.41) is 0. The van der Waals surface area contributed by atoms with E-state index in [0.717, 1.165) is 11.1 Å². The molecule has 0 aliphatic rings. The Kier molecular flexibility index (Phi) is 2.75. The summed E-state index contributed by atoms with van der Waals surface area (Å²) in [6, 6.07) is 6.83. The highest BCUT2D eigenvalue weighted by atomic mass is 16.5. The lowest BCUT2D eigenvalue weighted by Gasteiger charge is -1.99. The largest absolute Gasteiger partial charge is 0.478 e. The monoisotopic (exact) mass is 256 g/mol. The Balaban J connectivity index is 2.05. The van der Waals surface area contributed by atoms with Crippen molar-refractivity contribution >= 4 is 11.2 Å². The third kappa shape index (κ3) is 2.20. The molecule has 0 bridgehead atoms. The molecule has 0 atom stereocenters. The molecule has 19 heavy (non-hydrogen) atoms. The lowest BCUT2D eigenvalue weighted by molar-refractivity contribution is 0.328. The molecule has 3 rings (SSSR count). The lowest BCUT2D eigenvalue weighted by atomic mass is 10.3. The maximum absolute atomic E-state index is 11.0. The third-order valence-corrected chi connectivity index (χ3v) is 2.67. The van der Waals surface area contributed by atoms with Gasteiger partial charge in [-0.25, -0.2) is 4.98 Å². The second kappa shape index (κ2) is 4.56. The van der Waals surface area contributed by atoms with Crippen LogP contribution >= 0.6 is 0 Å². The van der Waals surface area contributed by atoms with E-state index in [1.54, 1.807) is 18.3 Å². The first kappa shape index (κ1) is 11.5. The van der Waals surface area contributed by atoms with Gasteiger partial charge in [-0.1, -0.05) is 0 Å². The van der Waals surface area contributed by atoms with E-state index >= 15 is 0 Å². The van der Waals surface area contributed by atoms with Gasteiger partial charge < -0.3 is 14.7 Å². The number of rotatable bonds is 3. The van der Waals surface area contributed by atoms with E-state index in [0.29, 0.717) is 24.0 Å². The highest BCUT2D eigenvalue weighted by molar-refractivity contribution is 5.76. The van der Waals surface area contributed by atoms with Crippen LogP contribution in [0.15, 0.2) is 35.3 Å².